The Hall–Kier alpha value is -2.06. The maximum atomic E-state index is 6.36. The second kappa shape index (κ2) is 4.80. The fourth-order valence-corrected chi connectivity index (χ4v) is 2.36. The van der Waals surface area contributed by atoms with Crippen LogP contribution in [0.5, 0.6) is 0 Å². The van der Waals surface area contributed by atoms with Crippen LogP contribution in [0.2, 0.25) is 0 Å². The number of hydrogen-bond donors (Lipinski definition) is 3. The quantitative estimate of drug-likeness (QED) is 0.615. The Morgan fingerprint density at radius 2 is 2.15 bits per heavy atom. The molecule has 0 amide bonds. The molecule has 2 aliphatic heterocycles. The summed E-state index contributed by atoms with van der Waals surface area (Å²) in [5.41, 5.74) is 11.9. The summed E-state index contributed by atoms with van der Waals surface area (Å²) in [6, 6.07) is 0. The first-order valence-corrected chi connectivity index (χ1v) is 6.52. The number of ether oxygens (including phenoxy) is 1. The summed E-state index contributed by atoms with van der Waals surface area (Å²) in [6.07, 6.45) is 5.40. The molecule has 1 fully saturated rings. The molecule has 0 saturated carbocycles. The van der Waals surface area contributed by atoms with Gasteiger partial charge in [-0.25, -0.2) is 9.98 Å². The molecule has 2 aliphatic rings. The predicted molar refractivity (Wildman–Crippen MR) is 74.3 cm³/mol. The second-order valence-corrected chi connectivity index (χ2v) is 5.00. The van der Waals surface area contributed by atoms with Gasteiger partial charge in [0.05, 0.1) is 19.5 Å². The Balaban J connectivity index is 1.92. The molecule has 3 heterocycles. The minimum atomic E-state index is -1.04. The molecular formula is C12H19N7O. The molecule has 5 N–H and O–H groups in total. The monoisotopic (exact) mass is 277 g/mol. The van der Waals surface area contributed by atoms with Crippen molar-refractivity contribution in [3.63, 3.8) is 0 Å². The van der Waals surface area contributed by atoms with Crippen LogP contribution in [-0.4, -0.2) is 46.7 Å². The zero-order chi connectivity index (χ0) is 14.2. The zero-order valence-electron chi connectivity index (χ0n) is 11.4. The first-order valence-electron chi connectivity index (χ1n) is 6.52. The maximum Gasteiger partial charge on any atom is 0.196 e. The van der Waals surface area contributed by atoms with Crippen LogP contribution in [0.3, 0.4) is 0 Å². The third-order valence-corrected chi connectivity index (χ3v) is 3.39. The van der Waals surface area contributed by atoms with Crippen molar-refractivity contribution in [1.29, 1.82) is 0 Å². The number of hydrogen-bond acceptors (Lipinski definition) is 7. The number of aromatic nitrogens is 2. The molecule has 0 aromatic carbocycles. The van der Waals surface area contributed by atoms with Crippen LogP contribution in [0.4, 0.5) is 0 Å². The van der Waals surface area contributed by atoms with Crippen LogP contribution in [-0.2, 0) is 17.4 Å². The number of aryl methyl sites for hydroxylation is 1. The summed E-state index contributed by atoms with van der Waals surface area (Å²) in [5.74, 6) is 1.15. The number of rotatable bonds is 2. The van der Waals surface area contributed by atoms with Gasteiger partial charge < -0.3 is 25.3 Å². The van der Waals surface area contributed by atoms with E-state index in [9.17, 15) is 0 Å². The molecule has 0 bridgehead atoms. The SMILES string of the molecule is Cn1cnc(C2(N)C=C(N3CCOCC3)NC(N)=N2)c1. The molecule has 1 unspecified atom stereocenters. The maximum absolute atomic E-state index is 6.36. The van der Waals surface area contributed by atoms with Crippen LogP contribution in [0.1, 0.15) is 5.69 Å². The van der Waals surface area contributed by atoms with Gasteiger partial charge in [0.1, 0.15) is 11.5 Å². The van der Waals surface area contributed by atoms with E-state index >= 15 is 0 Å². The van der Waals surface area contributed by atoms with Gasteiger partial charge in [-0.3, -0.25) is 5.73 Å². The molecule has 1 aromatic rings. The number of aliphatic imine (C=N–C) groups is 1. The lowest BCUT2D eigenvalue weighted by atomic mass is 10.1. The lowest BCUT2D eigenvalue weighted by Crippen LogP contribution is -2.50. The van der Waals surface area contributed by atoms with Gasteiger partial charge in [-0.2, -0.15) is 0 Å². The topological polar surface area (TPSA) is 107 Å². The number of nitrogens with zero attached hydrogens (tertiary/aromatic N) is 4. The summed E-state index contributed by atoms with van der Waals surface area (Å²) in [4.78, 5) is 10.7. The first-order chi connectivity index (χ1) is 9.57. The van der Waals surface area contributed by atoms with Crippen molar-refractivity contribution in [3.8, 4) is 0 Å². The fourth-order valence-electron chi connectivity index (χ4n) is 2.36. The highest BCUT2D eigenvalue weighted by Gasteiger charge is 2.32. The molecule has 1 saturated heterocycles. The third-order valence-electron chi connectivity index (χ3n) is 3.39. The Labute approximate surface area is 117 Å². The Kier molecular flexibility index (Phi) is 3.11. The van der Waals surface area contributed by atoms with Crippen LogP contribution < -0.4 is 16.8 Å². The van der Waals surface area contributed by atoms with Gasteiger partial charge in [-0.1, -0.05) is 0 Å². The van der Waals surface area contributed by atoms with Crippen molar-refractivity contribution in [3.05, 3.63) is 30.1 Å². The standard InChI is InChI=1S/C12H19N7O/c1-18-7-9(15-8-18)12(14)6-10(16-11(13)17-12)19-2-4-20-5-3-19/h6-8H,2-5,14H2,1H3,(H3,13,16,17). The van der Waals surface area contributed by atoms with E-state index in [2.05, 4.69) is 20.2 Å². The van der Waals surface area contributed by atoms with E-state index in [1.165, 1.54) is 0 Å². The number of guanidine groups is 1. The highest BCUT2D eigenvalue weighted by Crippen LogP contribution is 2.24. The number of morpholine rings is 1. The highest BCUT2D eigenvalue weighted by atomic mass is 16.5. The Bertz CT molecular complexity index is 558. The van der Waals surface area contributed by atoms with Gasteiger partial charge in [-0.05, 0) is 0 Å². The lowest BCUT2D eigenvalue weighted by Gasteiger charge is -2.35. The van der Waals surface area contributed by atoms with Gasteiger partial charge in [0.15, 0.2) is 11.6 Å². The van der Waals surface area contributed by atoms with Crippen molar-refractivity contribution in [2.24, 2.45) is 23.5 Å². The molecule has 1 aromatic heterocycles. The van der Waals surface area contributed by atoms with E-state index in [0.717, 1.165) is 18.9 Å². The summed E-state index contributed by atoms with van der Waals surface area (Å²) < 4.78 is 7.19. The van der Waals surface area contributed by atoms with E-state index in [-0.39, 0.29) is 0 Å². The van der Waals surface area contributed by atoms with Crippen LogP contribution >= 0.6 is 0 Å². The van der Waals surface area contributed by atoms with E-state index in [4.69, 9.17) is 16.2 Å². The van der Waals surface area contributed by atoms with Crippen LogP contribution in [0.25, 0.3) is 0 Å². The molecule has 0 spiro atoms. The lowest BCUT2D eigenvalue weighted by molar-refractivity contribution is 0.0508. The van der Waals surface area contributed by atoms with Crippen molar-refractivity contribution < 1.29 is 4.74 Å². The average Bonchev–Trinajstić information content (AvgIpc) is 2.86. The van der Waals surface area contributed by atoms with Crippen molar-refractivity contribution >= 4 is 5.96 Å². The molecule has 8 heteroatoms. The normalized spacial score (nSPS) is 26.8. The van der Waals surface area contributed by atoms with E-state index in [0.29, 0.717) is 24.9 Å². The van der Waals surface area contributed by atoms with Gasteiger partial charge >= 0.3 is 0 Å². The molecule has 0 aliphatic carbocycles. The second-order valence-electron chi connectivity index (χ2n) is 5.00. The minimum absolute atomic E-state index is 0.294. The Morgan fingerprint density at radius 3 is 2.80 bits per heavy atom. The molecule has 108 valence electrons. The summed E-state index contributed by atoms with van der Waals surface area (Å²) >= 11 is 0. The van der Waals surface area contributed by atoms with E-state index in [1.54, 1.807) is 6.33 Å². The number of nitrogens with one attached hydrogen (secondary N) is 1. The first kappa shape index (κ1) is 12.9. The molecule has 8 nitrogen and oxygen atoms in total. The zero-order valence-corrected chi connectivity index (χ0v) is 11.4. The van der Waals surface area contributed by atoms with Crippen LogP contribution in [0, 0.1) is 0 Å². The minimum Gasteiger partial charge on any atom is -0.378 e. The predicted octanol–water partition coefficient (Wildman–Crippen LogP) is -1.38. The summed E-state index contributed by atoms with van der Waals surface area (Å²) in [6.45, 7) is 2.98. The average molecular weight is 277 g/mol. The summed E-state index contributed by atoms with van der Waals surface area (Å²) in [5, 5.41) is 3.06. The van der Waals surface area contributed by atoms with E-state index < -0.39 is 5.66 Å². The van der Waals surface area contributed by atoms with Gasteiger partial charge in [0, 0.05) is 32.4 Å². The van der Waals surface area contributed by atoms with Crippen LogP contribution in [0.15, 0.2) is 29.4 Å². The summed E-state index contributed by atoms with van der Waals surface area (Å²) in [7, 11) is 1.89. The molecular weight excluding hydrogens is 258 g/mol. The fraction of sp³-hybridized carbons (Fsp3) is 0.500. The number of imidazole rings is 1. The third kappa shape index (κ3) is 2.35. The smallest absolute Gasteiger partial charge is 0.196 e. The van der Waals surface area contributed by atoms with Gasteiger partial charge in [0.2, 0.25) is 0 Å². The van der Waals surface area contributed by atoms with Crippen molar-refractivity contribution in [1.82, 2.24) is 19.8 Å². The van der Waals surface area contributed by atoms with Gasteiger partial charge in [0.25, 0.3) is 0 Å². The number of nitrogens with two attached hydrogens (primary N) is 2. The van der Waals surface area contributed by atoms with Crippen molar-refractivity contribution in [2.45, 2.75) is 5.66 Å². The van der Waals surface area contributed by atoms with E-state index in [1.807, 2.05) is 23.9 Å². The Morgan fingerprint density at radius 1 is 1.40 bits per heavy atom. The molecule has 20 heavy (non-hydrogen) atoms. The van der Waals surface area contributed by atoms with Gasteiger partial charge in [-0.15, -0.1) is 0 Å². The molecule has 1 atom stereocenters. The largest absolute Gasteiger partial charge is 0.378 e. The molecule has 0 radical (unpaired) electrons. The highest BCUT2D eigenvalue weighted by molar-refractivity contribution is 5.81. The van der Waals surface area contributed by atoms with Crippen molar-refractivity contribution in [2.75, 3.05) is 26.3 Å². The molecule has 3 rings (SSSR count).